The van der Waals surface area contributed by atoms with Crippen LogP contribution in [0.1, 0.15) is 31.9 Å². The van der Waals surface area contributed by atoms with Gasteiger partial charge in [0, 0.05) is 16.8 Å². The SMILES string of the molecule is CC(C)(C)c1ccc(-c2nnc(SCC(=O)NN=Cc3ccccc3OCC(=O)O)n2-c2ccccc2)cc1. The summed E-state index contributed by atoms with van der Waals surface area (Å²) in [5.74, 6) is -0.325. The van der Waals surface area contributed by atoms with Gasteiger partial charge in [-0.15, -0.1) is 10.2 Å². The van der Waals surface area contributed by atoms with Crippen molar-refractivity contribution < 1.29 is 19.4 Å². The largest absolute Gasteiger partial charge is 0.481 e. The first-order valence-electron chi connectivity index (χ1n) is 12.2. The van der Waals surface area contributed by atoms with Crippen LogP contribution in [0.15, 0.2) is 89.1 Å². The average molecular weight is 544 g/mol. The Morgan fingerprint density at radius 2 is 1.69 bits per heavy atom. The zero-order valence-corrected chi connectivity index (χ0v) is 22.7. The van der Waals surface area contributed by atoms with Crippen LogP contribution in [-0.4, -0.2) is 50.3 Å². The van der Waals surface area contributed by atoms with Crippen molar-refractivity contribution in [3.05, 3.63) is 90.0 Å². The fourth-order valence-electron chi connectivity index (χ4n) is 3.67. The number of hydrazone groups is 1. The first-order chi connectivity index (χ1) is 18.7. The number of benzene rings is 3. The van der Waals surface area contributed by atoms with E-state index in [9.17, 15) is 9.59 Å². The normalized spacial score (nSPS) is 11.5. The van der Waals surface area contributed by atoms with Gasteiger partial charge in [0.1, 0.15) is 5.75 Å². The topological polar surface area (TPSA) is 119 Å². The molecular formula is C29H29N5O4S. The summed E-state index contributed by atoms with van der Waals surface area (Å²) in [7, 11) is 0. The lowest BCUT2D eigenvalue weighted by Crippen LogP contribution is -2.20. The van der Waals surface area contributed by atoms with Gasteiger partial charge < -0.3 is 9.84 Å². The van der Waals surface area contributed by atoms with Crippen LogP contribution in [0.3, 0.4) is 0 Å². The van der Waals surface area contributed by atoms with Gasteiger partial charge in [0.15, 0.2) is 17.6 Å². The Labute approximate surface area is 230 Å². The zero-order valence-electron chi connectivity index (χ0n) is 21.9. The molecule has 0 unspecified atom stereocenters. The molecule has 1 aromatic heterocycles. The standard InChI is InChI=1S/C29H29N5O4S/c1-29(2,3)22-15-13-20(14-16-22)27-32-33-28(34(27)23-10-5-4-6-11-23)39-19-25(35)31-30-17-21-9-7-8-12-24(21)38-18-26(36)37/h4-17H,18-19H2,1-3H3,(H,31,35)(H,36,37). The summed E-state index contributed by atoms with van der Waals surface area (Å²) in [6.07, 6.45) is 1.41. The summed E-state index contributed by atoms with van der Waals surface area (Å²) in [6, 6.07) is 24.9. The average Bonchev–Trinajstić information content (AvgIpc) is 3.35. The summed E-state index contributed by atoms with van der Waals surface area (Å²) >= 11 is 1.25. The van der Waals surface area contributed by atoms with Crippen LogP contribution in [0, 0.1) is 0 Å². The number of nitrogens with one attached hydrogen (secondary N) is 1. The molecule has 4 aromatic rings. The minimum Gasteiger partial charge on any atom is -0.481 e. The second kappa shape index (κ2) is 12.4. The highest BCUT2D eigenvalue weighted by atomic mass is 32.2. The highest BCUT2D eigenvalue weighted by molar-refractivity contribution is 7.99. The Bertz CT molecular complexity index is 1460. The number of hydrogen-bond donors (Lipinski definition) is 2. The number of amides is 1. The minimum atomic E-state index is -1.08. The second-order valence-electron chi connectivity index (χ2n) is 9.61. The molecule has 0 atom stereocenters. The van der Waals surface area contributed by atoms with Gasteiger partial charge in [0.2, 0.25) is 0 Å². The third-order valence-electron chi connectivity index (χ3n) is 5.65. The quantitative estimate of drug-likeness (QED) is 0.165. The molecule has 0 radical (unpaired) electrons. The molecule has 0 spiro atoms. The number of aliphatic carboxylic acids is 1. The number of carboxylic acid groups (broad SMARTS) is 1. The van der Waals surface area contributed by atoms with Crippen molar-refractivity contribution in [2.75, 3.05) is 12.4 Å². The van der Waals surface area contributed by atoms with Crippen LogP contribution >= 0.6 is 11.8 Å². The second-order valence-corrected chi connectivity index (χ2v) is 10.5. The maximum absolute atomic E-state index is 12.6. The maximum atomic E-state index is 12.6. The number of ether oxygens (including phenoxy) is 1. The molecule has 0 bridgehead atoms. The summed E-state index contributed by atoms with van der Waals surface area (Å²) in [6.45, 7) is 6.04. The summed E-state index contributed by atoms with van der Waals surface area (Å²) in [5, 5.41) is 22.2. The molecule has 1 heterocycles. The van der Waals surface area contributed by atoms with Crippen molar-refractivity contribution >= 4 is 29.9 Å². The van der Waals surface area contributed by atoms with E-state index in [1.807, 2.05) is 47.0 Å². The van der Waals surface area contributed by atoms with E-state index in [1.54, 1.807) is 24.3 Å². The van der Waals surface area contributed by atoms with Crippen LogP contribution in [0.5, 0.6) is 5.75 Å². The first kappa shape index (κ1) is 27.6. The van der Waals surface area contributed by atoms with Gasteiger partial charge in [-0.3, -0.25) is 9.36 Å². The molecule has 9 nitrogen and oxygen atoms in total. The van der Waals surface area contributed by atoms with E-state index in [4.69, 9.17) is 9.84 Å². The Balaban J connectivity index is 1.47. The molecule has 2 N–H and O–H groups in total. The summed E-state index contributed by atoms with van der Waals surface area (Å²) in [4.78, 5) is 23.3. The van der Waals surface area contributed by atoms with Crippen molar-refractivity contribution in [2.24, 2.45) is 5.10 Å². The Morgan fingerprint density at radius 3 is 2.38 bits per heavy atom. The Kier molecular flexibility index (Phi) is 8.77. The van der Waals surface area contributed by atoms with Crippen LogP contribution in [0.25, 0.3) is 17.1 Å². The summed E-state index contributed by atoms with van der Waals surface area (Å²) < 4.78 is 7.19. The van der Waals surface area contributed by atoms with Crippen molar-refractivity contribution in [1.29, 1.82) is 0 Å². The van der Waals surface area contributed by atoms with Crippen molar-refractivity contribution in [1.82, 2.24) is 20.2 Å². The van der Waals surface area contributed by atoms with Crippen LogP contribution < -0.4 is 10.2 Å². The molecule has 0 fully saturated rings. The monoisotopic (exact) mass is 543 g/mol. The number of rotatable bonds is 10. The number of para-hydroxylation sites is 2. The van der Waals surface area contributed by atoms with E-state index in [-0.39, 0.29) is 17.1 Å². The Morgan fingerprint density at radius 1 is 1.00 bits per heavy atom. The van der Waals surface area contributed by atoms with Crippen LogP contribution in [0.4, 0.5) is 0 Å². The number of hydrogen-bond acceptors (Lipinski definition) is 7. The molecule has 1 amide bonds. The molecule has 0 saturated heterocycles. The lowest BCUT2D eigenvalue weighted by molar-refractivity contribution is -0.139. The molecule has 0 aliphatic rings. The molecule has 0 aliphatic carbocycles. The molecule has 200 valence electrons. The van der Waals surface area contributed by atoms with E-state index in [0.29, 0.717) is 22.3 Å². The van der Waals surface area contributed by atoms with E-state index in [2.05, 4.69) is 53.6 Å². The molecule has 3 aromatic carbocycles. The molecule has 0 saturated carbocycles. The van der Waals surface area contributed by atoms with E-state index < -0.39 is 12.6 Å². The minimum absolute atomic E-state index is 0.0378. The number of nitrogens with zero attached hydrogens (tertiary/aromatic N) is 4. The fraction of sp³-hybridized carbons (Fsp3) is 0.207. The van der Waals surface area contributed by atoms with Gasteiger partial charge in [0.25, 0.3) is 5.91 Å². The molecule has 0 aliphatic heterocycles. The number of aromatic nitrogens is 3. The summed E-state index contributed by atoms with van der Waals surface area (Å²) in [5.41, 5.74) is 6.10. The molecular weight excluding hydrogens is 514 g/mol. The molecule has 4 rings (SSSR count). The van der Waals surface area contributed by atoms with E-state index >= 15 is 0 Å². The number of carbonyl (C=O) groups is 2. The van der Waals surface area contributed by atoms with E-state index in [0.717, 1.165) is 11.3 Å². The molecule has 10 heteroatoms. The smallest absolute Gasteiger partial charge is 0.341 e. The highest BCUT2D eigenvalue weighted by Gasteiger charge is 2.19. The van der Waals surface area contributed by atoms with Crippen LogP contribution in [-0.2, 0) is 15.0 Å². The fourth-order valence-corrected chi connectivity index (χ4v) is 4.42. The van der Waals surface area contributed by atoms with Gasteiger partial charge in [0.05, 0.1) is 12.0 Å². The maximum Gasteiger partial charge on any atom is 0.341 e. The van der Waals surface area contributed by atoms with Crippen molar-refractivity contribution in [3.8, 4) is 22.8 Å². The van der Waals surface area contributed by atoms with Gasteiger partial charge >= 0.3 is 5.97 Å². The zero-order chi connectivity index (χ0) is 27.8. The van der Waals surface area contributed by atoms with Gasteiger partial charge in [-0.1, -0.05) is 87.1 Å². The number of thioether (sulfide) groups is 1. The van der Waals surface area contributed by atoms with E-state index in [1.165, 1.54) is 23.5 Å². The predicted molar refractivity (Wildman–Crippen MR) is 152 cm³/mol. The van der Waals surface area contributed by atoms with Crippen molar-refractivity contribution in [2.45, 2.75) is 31.3 Å². The van der Waals surface area contributed by atoms with Crippen molar-refractivity contribution in [3.63, 3.8) is 0 Å². The lowest BCUT2D eigenvalue weighted by atomic mass is 9.87. The van der Waals surface area contributed by atoms with Crippen LogP contribution in [0.2, 0.25) is 0 Å². The predicted octanol–water partition coefficient (Wildman–Crippen LogP) is 4.94. The third kappa shape index (κ3) is 7.32. The highest BCUT2D eigenvalue weighted by Crippen LogP contribution is 2.30. The number of carbonyl (C=O) groups excluding carboxylic acids is 1. The van der Waals surface area contributed by atoms with Gasteiger partial charge in [-0.2, -0.15) is 5.10 Å². The van der Waals surface area contributed by atoms with Gasteiger partial charge in [-0.25, -0.2) is 10.2 Å². The molecule has 39 heavy (non-hydrogen) atoms. The third-order valence-corrected chi connectivity index (χ3v) is 6.58. The first-order valence-corrected chi connectivity index (χ1v) is 13.2. The number of carboxylic acids is 1. The Hall–Kier alpha value is -4.44. The van der Waals surface area contributed by atoms with Gasteiger partial charge in [-0.05, 0) is 35.2 Å². The lowest BCUT2D eigenvalue weighted by Gasteiger charge is -2.19.